The van der Waals surface area contributed by atoms with Gasteiger partial charge in [-0.15, -0.1) is 0 Å². The molecule has 1 atom stereocenters. The Balaban J connectivity index is 0.00000157. The number of aromatic hydroxyl groups is 5. The van der Waals surface area contributed by atoms with E-state index < -0.39 is 61.7 Å². The molecule has 724 valence electrons. The van der Waals surface area contributed by atoms with Gasteiger partial charge in [-0.05, 0) is 176 Å². The third-order valence-electron chi connectivity index (χ3n) is 23.0. The molecule has 5 aromatic carbocycles. The van der Waals surface area contributed by atoms with E-state index in [0.29, 0.717) is 60.9 Å². The van der Waals surface area contributed by atoms with E-state index in [1.165, 1.54) is 89.9 Å². The fraction of sp³-hybridized carbons (Fsp3) is 0.676. The van der Waals surface area contributed by atoms with Gasteiger partial charge in [0.05, 0.1) is 37.8 Å². The molecule has 19 heteroatoms. The first kappa shape index (κ1) is 119. The highest BCUT2D eigenvalue weighted by molar-refractivity contribution is 5.71. The summed E-state index contributed by atoms with van der Waals surface area (Å²) in [5.41, 5.74) is 10.8. The largest absolute Gasteiger partial charge is 0.507 e. The van der Waals surface area contributed by atoms with Gasteiger partial charge in [0.2, 0.25) is 0 Å². The van der Waals surface area contributed by atoms with Gasteiger partial charge in [-0.1, -0.05) is 378 Å². The molecular formula is C108H178O19. The van der Waals surface area contributed by atoms with E-state index in [1.54, 1.807) is 0 Å². The Morgan fingerprint density at radius 3 is 0.520 bits per heavy atom. The quantitative estimate of drug-likeness (QED) is 0.0166. The molecule has 0 heterocycles. The molecule has 19 nitrogen and oxygen atoms in total. The Kier molecular flexibility index (Phi) is 49.2. The number of carboxylic acid groups (broad SMARTS) is 5. The van der Waals surface area contributed by atoms with E-state index in [1.807, 2.05) is 60.7 Å². The summed E-state index contributed by atoms with van der Waals surface area (Å²) in [6.07, 6.45) is 24.9. The van der Waals surface area contributed by atoms with Gasteiger partial charge >= 0.3 is 29.8 Å². The molecule has 0 saturated heterocycles. The number of unbranched alkanes of at least 4 members (excludes halogenated alkanes) is 15. The maximum absolute atomic E-state index is 12.1. The van der Waals surface area contributed by atoms with Gasteiger partial charge in [-0.2, -0.15) is 0 Å². The maximum Gasteiger partial charge on any atom is 0.306 e. The van der Waals surface area contributed by atoms with Gasteiger partial charge in [0.15, 0.2) is 0 Å². The molecule has 0 aliphatic heterocycles. The first-order valence-electron chi connectivity index (χ1n) is 46.7. The molecule has 0 bridgehead atoms. The summed E-state index contributed by atoms with van der Waals surface area (Å²) in [5, 5.41) is 132. The Bertz CT molecular complexity index is 3600. The lowest BCUT2D eigenvalue weighted by atomic mass is 9.77. The van der Waals surface area contributed by atoms with E-state index in [0.717, 1.165) is 103 Å². The highest BCUT2D eigenvalue weighted by Gasteiger charge is 2.34. The van der Waals surface area contributed by atoms with Gasteiger partial charge < -0.3 is 71.5 Å². The van der Waals surface area contributed by atoms with Gasteiger partial charge in [0, 0.05) is 25.7 Å². The Hall–Kier alpha value is -7.71. The van der Waals surface area contributed by atoms with Crippen LogP contribution in [0.2, 0.25) is 0 Å². The van der Waals surface area contributed by atoms with Crippen molar-refractivity contribution in [1.29, 1.82) is 0 Å². The van der Waals surface area contributed by atoms with Crippen LogP contribution in [0.15, 0.2) is 60.7 Å². The number of aliphatic carboxylic acids is 5. The predicted octanol–water partition coefficient (Wildman–Crippen LogP) is 24.8. The van der Waals surface area contributed by atoms with Crippen molar-refractivity contribution < 1.29 is 95.5 Å². The van der Waals surface area contributed by atoms with Crippen molar-refractivity contribution in [3.63, 3.8) is 0 Å². The molecule has 0 aliphatic carbocycles. The molecule has 127 heavy (non-hydrogen) atoms. The second-order valence-electron chi connectivity index (χ2n) is 45.7. The van der Waals surface area contributed by atoms with Crippen LogP contribution in [0, 0.1) is 11.3 Å². The van der Waals surface area contributed by atoms with Crippen LogP contribution in [-0.2, 0) is 110 Å². The smallest absolute Gasteiger partial charge is 0.306 e. The van der Waals surface area contributed by atoms with E-state index >= 15 is 0 Å². The minimum Gasteiger partial charge on any atom is -0.507 e. The molecular weight excluding hydrogens is 1600 g/mol. The maximum atomic E-state index is 12.1. The monoisotopic (exact) mass is 1780 g/mol. The number of phenols is 5. The van der Waals surface area contributed by atoms with Gasteiger partial charge in [0.1, 0.15) is 28.7 Å². The second kappa shape index (κ2) is 52.4. The van der Waals surface area contributed by atoms with Crippen LogP contribution in [-0.4, -0.2) is 128 Å². The number of hydrogen-bond acceptors (Lipinski definition) is 14. The highest BCUT2D eigenvalue weighted by atomic mass is 16.4. The molecule has 0 spiro atoms. The number of phenolic OH excluding ortho intramolecular Hbond substituents is 5. The normalized spacial score (nSPS) is 12.7. The van der Waals surface area contributed by atoms with Crippen molar-refractivity contribution in [3.8, 4) is 28.7 Å². The lowest BCUT2D eigenvalue weighted by molar-refractivity contribution is -0.142. The topological polar surface area (TPSA) is 369 Å². The van der Waals surface area contributed by atoms with Crippen LogP contribution in [0.1, 0.15) is 433 Å². The lowest BCUT2D eigenvalue weighted by Gasteiger charge is -2.28. The van der Waals surface area contributed by atoms with Gasteiger partial charge in [0.25, 0.3) is 0 Å². The summed E-state index contributed by atoms with van der Waals surface area (Å²) in [6, 6.07) is 19.6. The second-order valence-corrected chi connectivity index (χ2v) is 45.7. The number of aliphatic hydroxyl groups excluding tert-OH is 4. The molecule has 0 fully saturated rings. The minimum atomic E-state index is -1.11. The average molecular weight is 1780 g/mol. The molecule has 0 aliphatic rings. The van der Waals surface area contributed by atoms with Crippen molar-refractivity contribution in [3.05, 3.63) is 144 Å². The molecule has 0 amide bonds. The van der Waals surface area contributed by atoms with Crippen molar-refractivity contribution in [2.75, 3.05) is 26.4 Å². The summed E-state index contributed by atoms with van der Waals surface area (Å²) >= 11 is 0. The van der Waals surface area contributed by atoms with Crippen molar-refractivity contribution >= 4 is 29.8 Å². The predicted molar refractivity (Wildman–Crippen MR) is 521 cm³/mol. The Morgan fingerprint density at radius 1 is 0.244 bits per heavy atom. The lowest BCUT2D eigenvalue weighted by Crippen LogP contribution is -2.37. The van der Waals surface area contributed by atoms with Gasteiger partial charge in [-0.25, -0.2) is 0 Å². The highest BCUT2D eigenvalue weighted by Crippen LogP contribution is 2.46. The van der Waals surface area contributed by atoms with Crippen molar-refractivity contribution in [1.82, 2.24) is 0 Å². The number of benzene rings is 5. The summed E-state index contributed by atoms with van der Waals surface area (Å²) in [4.78, 5) is 55.1. The number of hydrogen-bond donors (Lipinski definition) is 14. The number of aliphatic hydroxyl groups is 4. The van der Waals surface area contributed by atoms with Crippen molar-refractivity contribution in [2.24, 2.45) is 11.3 Å². The minimum absolute atomic E-state index is 0.109. The molecule has 5 aromatic rings. The number of carboxylic acids is 5. The van der Waals surface area contributed by atoms with E-state index in [4.69, 9.17) is 40.9 Å². The molecule has 1 unspecified atom stereocenters. The first-order chi connectivity index (χ1) is 57.8. The molecule has 5 rings (SSSR count). The zero-order chi connectivity index (χ0) is 98.8. The van der Waals surface area contributed by atoms with E-state index in [9.17, 15) is 54.6 Å². The fourth-order valence-electron chi connectivity index (χ4n) is 14.7. The number of rotatable bonds is 36. The summed E-state index contributed by atoms with van der Waals surface area (Å²) < 4.78 is 0. The molecule has 14 N–H and O–H groups in total. The van der Waals surface area contributed by atoms with Crippen LogP contribution in [0.3, 0.4) is 0 Å². The Morgan fingerprint density at radius 2 is 0.394 bits per heavy atom. The third kappa shape index (κ3) is 44.2. The summed E-state index contributed by atoms with van der Waals surface area (Å²) in [6.45, 7) is 62.5. The zero-order valence-electron chi connectivity index (χ0n) is 84.9. The standard InChI is InChI=1S/C35H62O3.4C17H26O3.C5H12O4/c1-8-9-10-11-12-13-14-15-16-17-18-19-20-21-22-23-24-29(33(37)38)25-28-26-30(34(2,3)4)32(36)31(27-28)35(5,6)7;4*1-16(2,3)12-9-11(7-8-14(18)19)10-13(15(12)20)17(4,5)6;6-1-5(2-7,3-8)4-9/h26-27,29,36H,8-25H2,1-7H3,(H,37,38);4*9-10,20H,7-8H2,1-6H3,(H,18,19);6-9H,1-4H2. The van der Waals surface area contributed by atoms with Crippen LogP contribution in [0.25, 0.3) is 0 Å². The first-order valence-corrected chi connectivity index (χ1v) is 46.7. The van der Waals surface area contributed by atoms with Crippen LogP contribution in [0.4, 0.5) is 0 Å². The number of carbonyl (C=O) groups is 5. The van der Waals surface area contributed by atoms with E-state index in [2.05, 4.69) is 215 Å². The van der Waals surface area contributed by atoms with Crippen LogP contribution < -0.4 is 0 Å². The van der Waals surface area contributed by atoms with Gasteiger partial charge in [-0.3, -0.25) is 24.0 Å². The summed E-state index contributed by atoms with van der Waals surface area (Å²) in [5.74, 6) is -2.55. The molecule has 0 saturated carbocycles. The van der Waals surface area contributed by atoms with Crippen LogP contribution in [0.5, 0.6) is 28.7 Å². The molecule has 0 aromatic heterocycles. The number of aryl methyl sites for hydroxylation is 4. The van der Waals surface area contributed by atoms with E-state index in [-0.39, 0.29) is 85.8 Å². The third-order valence-corrected chi connectivity index (χ3v) is 23.0. The zero-order valence-corrected chi connectivity index (χ0v) is 84.9. The molecule has 0 radical (unpaired) electrons. The SMILES string of the molecule is CC(C)(C)c1cc(CCC(=O)O)cc(C(C)(C)C)c1O.CC(C)(C)c1cc(CCC(=O)O)cc(C(C)(C)C)c1O.CC(C)(C)c1cc(CCC(=O)O)cc(C(C)(C)C)c1O.CC(C)(C)c1cc(CCC(=O)O)cc(C(C)(C)C)c1O.CCCCCCCCCCCCCCCCCCC(Cc1cc(C(C)(C)C)c(O)c(C(C)(C)C)c1)C(=O)O.OCC(CO)(CO)CO. The summed E-state index contributed by atoms with van der Waals surface area (Å²) in [7, 11) is 0. The fourth-order valence-corrected chi connectivity index (χ4v) is 14.7. The van der Waals surface area contributed by atoms with Crippen molar-refractivity contribution in [2.45, 2.75) is 436 Å². The average Bonchev–Trinajstić information content (AvgIpc) is 0.807. The van der Waals surface area contributed by atoms with Crippen LogP contribution >= 0.6 is 0 Å². The Labute approximate surface area is 767 Å².